The summed E-state index contributed by atoms with van der Waals surface area (Å²) in [6, 6.07) is 1.64. The summed E-state index contributed by atoms with van der Waals surface area (Å²) in [5.41, 5.74) is 7.46. The molecule has 0 spiro atoms. The lowest BCUT2D eigenvalue weighted by molar-refractivity contribution is 0.0524. The number of nitrogens with two attached hydrogens (primary N) is 1. The van der Waals surface area contributed by atoms with Crippen LogP contribution in [0.1, 0.15) is 32.2 Å². The number of amides is 1. The minimum absolute atomic E-state index is 0.145. The lowest BCUT2D eigenvalue weighted by atomic mass is 10.1. The van der Waals surface area contributed by atoms with Gasteiger partial charge in [0, 0.05) is 12.5 Å². The molecule has 0 saturated heterocycles. The van der Waals surface area contributed by atoms with Crippen molar-refractivity contribution in [2.24, 2.45) is 0 Å². The van der Waals surface area contributed by atoms with E-state index in [2.05, 4.69) is 10.3 Å². The molecule has 2 aromatic rings. The monoisotopic (exact) mass is 311 g/mol. The van der Waals surface area contributed by atoms with E-state index >= 15 is 0 Å². The van der Waals surface area contributed by atoms with Gasteiger partial charge in [0.1, 0.15) is 11.1 Å². The second-order valence-electron chi connectivity index (χ2n) is 5.69. The third-order valence-corrected chi connectivity index (χ3v) is 3.00. The van der Waals surface area contributed by atoms with Crippen molar-refractivity contribution >= 4 is 34.5 Å². The van der Waals surface area contributed by atoms with Crippen LogP contribution in [-0.2, 0) is 11.3 Å². The Morgan fingerprint density at radius 2 is 2.19 bits per heavy atom. The number of benzene rings is 1. The van der Waals surface area contributed by atoms with Crippen LogP contribution < -0.4 is 11.1 Å². The van der Waals surface area contributed by atoms with E-state index in [1.807, 2.05) is 0 Å². The number of aryl methyl sites for hydroxylation is 1. The Morgan fingerprint density at radius 1 is 1.52 bits per heavy atom. The molecule has 0 aliphatic carbocycles. The van der Waals surface area contributed by atoms with Crippen molar-refractivity contribution in [3.63, 3.8) is 0 Å². The second-order valence-corrected chi connectivity index (χ2v) is 6.09. The van der Waals surface area contributed by atoms with E-state index in [-0.39, 0.29) is 6.54 Å². The summed E-state index contributed by atoms with van der Waals surface area (Å²) < 4.78 is 10.7. The summed E-state index contributed by atoms with van der Waals surface area (Å²) in [6.07, 6.45) is -0.536. The molecule has 3 N–H and O–H groups in total. The van der Waals surface area contributed by atoms with Gasteiger partial charge in [-0.2, -0.15) is 0 Å². The number of rotatable bonds is 2. The Bertz CT molecular complexity index is 689. The maximum Gasteiger partial charge on any atom is 0.407 e. The van der Waals surface area contributed by atoms with Crippen LogP contribution >= 0.6 is 11.6 Å². The normalized spacial score (nSPS) is 11.7. The lowest BCUT2D eigenvalue weighted by Crippen LogP contribution is -2.32. The number of alkyl carbamates (subject to hydrolysis) is 1. The summed E-state index contributed by atoms with van der Waals surface area (Å²) in [6.45, 7) is 7.25. The molecule has 0 unspecified atom stereocenters. The van der Waals surface area contributed by atoms with Crippen LogP contribution in [0.15, 0.2) is 10.5 Å². The minimum Gasteiger partial charge on any atom is -0.444 e. The summed E-state index contributed by atoms with van der Waals surface area (Å²) in [4.78, 5) is 15.9. The lowest BCUT2D eigenvalue weighted by Gasteiger charge is -2.20. The van der Waals surface area contributed by atoms with E-state index in [9.17, 15) is 4.79 Å². The van der Waals surface area contributed by atoms with Crippen LogP contribution in [0.3, 0.4) is 0 Å². The fourth-order valence-electron chi connectivity index (χ4n) is 1.87. The molecular weight excluding hydrogens is 294 g/mol. The number of carbonyl (C=O) groups excluding carboxylic acids is 1. The predicted octanol–water partition coefficient (Wildman–Crippen LogP) is 3.40. The topological polar surface area (TPSA) is 90.4 Å². The molecule has 21 heavy (non-hydrogen) atoms. The molecular formula is C14H18ClN3O3. The minimum atomic E-state index is -0.567. The molecule has 0 atom stereocenters. The van der Waals surface area contributed by atoms with E-state index in [1.165, 1.54) is 0 Å². The summed E-state index contributed by atoms with van der Waals surface area (Å²) >= 11 is 6.07. The van der Waals surface area contributed by atoms with Crippen LogP contribution in [-0.4, -0.2) is 16.7 Å². The highest BCUT2D eigenvalue weighted by Crippen LogP contribution is 2.31. The molecule has 114 valence electrons. The third kappa shape index (κ3) is 3.58. The predicted molar refractivity (Wildman–Crippen MR) is 81.2 cm³/mol. The van der Waals surface area contributed by atoms with Gasteiger partial charge in [-0.1, -0.05) is 11.6 Å². The molecule has 1 aromatic heterocycles. The molecule has 0 radical (unpaired) electrons. The van der Waals surface area contributed by atoms with Gasteiger partial charge in [0.05, 0.1) is 17.3 Å². The molecule has 7 heteroatoms. The van der Waals surface area contributed by atoms with Crippen LogP contribution in [0, 0.1) is 6.92 Å². The molecule has 2 rings (SSSR count). The number of carbonyl (C=O) groups is 1. The van der Waals surface area contributed by atoms with Gasteiger partial charge in [-0.15, -0.1) is 0 Å². The Balaban J connectivity index is 2.25. The van der Waals surface area contributed by atoms with Gasteiger partial charge in [0.25, 0.3) is 0 Å². The number of halogens is 1. The number of oxazole rings is 1. The highest BCUT2D eigenvalue weighted by Gasteiger charge is 2.19. The van der Waals surface area contributed by atoms with Gasteiger partial charge < -0.3 is 20.2 Å². The van der Waals surface area contributed by atoms with Crippen molar-refractivity contribution in [2.75, 3.05) is 5.73 Å². The Hall–Kier alpha value is -1.95. The first kappa shape index (κ1) is 15.4. The number of fused-ring (bicyclic) bond motifs is 1. The zero-order valence-corrected chi connectivity index (χ0v) is 13.2. The maximum atomic E-state index is 11.7. The summed E-state index contributed by atoms with van der Waals surface area (Å²) in [5, 5.41) is 3.01. The Morgan fingerprint density at radius 3 is 2.81 bits per heavy atom. The third-order valence-electron chi connectivity index (χ3n) is 2.69. The van der Waals surface area contributed by atoms with Gasteiger partial charge >= 0.3 is 6.09 Å². The highest BCUT2D eigenvalue weighted by atomic mass is 35.5. The first-order valence-electron chi connectivity index (χ1n) is 6.48. The first-order chi connectivity index (χ1) is 9.67. The van der Waals surface area contributed by atoms with Gasteiger partial charge in [0.15, 0.2) is 11.5 Å². The largest absolute Gasteiger partial charge is 0.444 e. The van der Waals surface area contributed by atoms with E-state index in [4.69, 9.17) is 26.5 Å². The van der Waals surface area contributed by atoms with Gasteiger partial charge in [-0.3, -0.25) is 0 Å². The molecule has 1 heterocycles. The van der Waals surface area contributed by atoms with Gasteiger partial charge in [-0.05, 0) is 26.8 Å². The number of hydrogen-bond donors (Lipinski definition) is 2. The van der Waals surface area contributed by atoms with Crippen molar-refractivity contribution in [3.8, 4) is 0 Å². The fraction of sp³-hybridized carbons (Fsp3) is 0.429. The van der Waals surface area contributed by atoms with Crippen molar-refractivity contribution in [2.45, 2.75) is 39.8 Å². The summed E-state index contributed by atoms with van der Waals surface area (Å²) in [5.74, 6) is 0.505. The SMILES string of the molecule is Cc1nc2cc(Cl)c(N)c(CNC(=O)OC(C)(C)C)c2o1. The van der Waals surface area contributed by atoms with Crippen molar-refractivity contribution in [3.05, 3.63) is 22.5 Å². The number of aromatic nitrogens is 1. The number of ether oxygens (including phenoxy) is 1. The standard InChI is InChI=1S/C14H18ClN3O3/c1-7-18-10-5-9(15)11(16)8(12(10)20-7)6-17-13(19)21-14(2,3)4/h5H,6,16H2,1-4H3,(H,17,19). The molecule has 0 aliphatic rings. The number of anilines is 1. The smallest absolute Gasteiger partial charge is 0.407 e. The number of nitrogens with zero attached hydrogens (tertiary/aromatic N) is 1. The van der Waals surface area contributed by atoms with Crippen molar-refractivity contribution < 1.29 is 13.9 Å². The van der Waals surface area contributed by atoms with E-state index in [0.717, 1.165) is 0 Å². The van der Waals surface area contributed by atoms with Crippen molar-refractivity contribution in [1.82, 2.24) is 10.3 Å². The highest BCUT2D eigenvalue weighted by molar-refractivity contribution is 6.34. The average Bonchev–Trinajstić information content (AvgIpc) is 2.67. The Labute approximate surface area is 127 Å². The fourth-order valence-corrected chi connectivity index (χ4v) is 2.09. The molecule has 1 amide bonds. The Kier molecular flexibility index (Phi) is 4.00. The number of hydrogen-bond acceptors (Lipinski definition) is 5. The number of nitrogen functional groups attached to an aromatic ring is 1. The zero-order chi connectivity index (χ0) is 15.8. The average molecular weight is 312 g/mol. The van der Waals surface area contributed by atoms with E-state index in [1.54, 1.807) is 33.8 Å². The maximum absolute atomic E-state index is 11.7. The molecule has 0 fully saturated rings. The first-order valence-corrected chi connectivity index (χ1v) is 6.86. The van der Waals surface area contributed by atoms with Gasteiger partial charge in [0.2, 0.25) is 0 Å². The molecule has 1 aromatic carbocycles. The zero-order valence-electron chi connectivity index (χ0n) is 12.4. The quantitative estimate of drug-likeness (QED) is 0.829. The molecule has 0 aliphatic heterocycles. The van der Waals surface area contributed by atoms with Crippen LogP contribution in [0.2, 0.25) is 5.02 Å². The molecule has 0 bridgehead atoms. The summed E-state index contributed by atoms with van der Waals surface area (Å²) in [7, 11) is 0. The second kappa shape index (κ2) is 5.44. The molecule has 6 nitrogen and oxygen atoms in total. The van der Waals surface area contributed by atoms with Gasteiger partial charge in [-0.25, -0.2) is 9.78 Å². The number of nitrogens with one attached hydrogen (secondary N) is 1. The van der Waals surface area contributed by atoms with E-state index in [0.29, 0.717) is 33.3 Å². The van der Waals surface area contributed by atoms with Crippen LogP contribution in [0.5, 0.6) is 0 Å². The van der Waals surface area contributed by atoms with Crippen LogP contribution in [0.25, 0.3) is 11.1 Å². The molecule has 0 saturated carbocycles. The van der Waals surface area contributed by atoms with E-state index < -0.39 is 11.7 Å². The van der Waals surface area contributed by atoms with Crippen molar-refractivity contribution in [1.29, 1.82) is 0 Å². The van der Waals surface area contributed by atoms with Crippen LogP contribution in [0.4, 0.5) is 10.5 Å².